The summed E-state index contributed by atoms with van der Waals surface area (Å²) in [5.41, 5.74) is 1.38. The van der Waals surface area contributed by atoms with E-state index >= 15 is 0 Å². The van der Waals surface area contributed by atoms with Crippen LogP contribution in [0.5, 0.6) is 0 Å². The molecule has 0 N–H and O–H groups in total. The highest BCUT2D eigenvalue weighted by molar-refractivity contribution is 5.75. The van der Waals surface area contributed by atoms with Crippen LogP contribution in [0, 0.1) is 5.82 Å². The number of nitrogens with zero attached hydrogens (tertiary/aromatic N) is 2. The van der Waals surface area contributed by atoms with Crippen molar-refractivity contribution in [1.29, 1.82) is 0 Å². The van der Waals surface area contributed by atoms with E-state index in [9.17, 15) is 9.18 Å². The van der Waals surface area contributed by atoms with Gasteiger partial charge in [0.25, 0.3) is 0 Å². The third-order valence-corrected chi connectivity index (χ3v) is 2.53. The molecule has 0 spiro atoms. The molecule has 1 heterocycles. The van der Waals surface area contributed by atoms with Crippen molar-refractivity contribution in [3.05, 3.63) is 48.2 Å². The van der Waals surface area contributed by atoms with Crippen LogP contribution in [0.25, 0.3) is 11.3 Å². The second-order valence-corrected chi connectivity index (χ2v) is 4.07. The summed E-state index contributed by atoms with van der Waals surface area (Å²) < 4.78 is 13.1. The molecule has 0 aliphatic heterocycles. The SMILES string of the molecule is CC(=O)CCc1nccc(-c2cccc(F)c2)n1. The van der Waals surface area contributed by atoms with Crippen molar-refractivity contribution >= 4 is 5.78 Å². The largest absolute Gasteiger partial charge is 0.300 e. The summed E-state index contributed by atoms with van der Waals surface area (Å²) in [4.78, 5) is 19.3. The van der Waals surface area contributed by atoms with Crippen molar-refractivity contribution < 1.29 is 9.18 Å². The van der Waals surface area contributed by atoms with Crippen LogP contribution < -0.4 is 0 Å². The average Bonchev–Trinajstić information content (AvgIpc) is 2.37. The molecule has 0 bridgehead atoms. The number of carbonyl (C=O) groups is 1. The molecule has 3 nitrogen and oxygen atoms in total. The maximum atomic E-state index is 13.1. The minimum Gasteiger partial charge on any atom is -0.300 e. The Kier molecular flexibility index (Phi) is 3.77. The minimum atomic E-state index is -0.295. The molecule has 2 aromatic rings. The molecular weight excluding hydrogens is 231 g/mol. The summed E-state index contributed by atoms with van der Waals surface area (Å²) >= 11 is 0. The number of aryl methyl sites for hydroxylation is 1. The lowest BCUT2D eigenvalue weighted by Gasteiger charge is -2.03. The number of hydrogen-bond acceptors (Lipinski definition) is 3. The van der Waals surface area contributed by atoms with E-state index in [0.29, 0.717) is 29.9 Å². The topological polar surface area (TPSA) is 42.9 Å². The number of hydrogen-bond donors (Lipinski definition) is 0. The fraction of sp³-hybridized carbons (Fsp3) is 0.214. The second kappa shape index (κ2) is 5.49. The molecule has 0 amide bonds. The summed E-state index contributed by atoms with van der Waals surface area (Å²) in [7, 11) is 0. The Hall–Kier alpha value is -2.10. The van der Waals surface area contributed by atoms with Crippen molar-refractivity contribution in [1.82, 2.24) is 9.97 Å². The van der Waals surface area contributed by atoms with Crippen LogP contribution >= 0.6 is 0 Å². The van der Waals surface area contributed by atoms with Crippen LogP contribution in [-0.4, -0.2) is 15.8 Å². The molecule has 0 unspecified atom stereocenters. The van der Waals surface area contributed by atoms with Gasteiger partial charge in [0, 0.05) is 24.6 Å². The molecule has 0 atom stereocenters. The Morgan fingerprint density at radius 1 is 1.33 bits per heavy atom. The quantitative estimate of drug-likeness (QED) is 0.830. The number of Topliss-reactive ketones (excluding diaryl/α,β-unsaturated/α-hetero) is 1. The van der Waals surface area contributed by atoms with Crippen LogP contribution in [0.3, 0.4) is 0 Å². The summed E-state index contributed by atoms with van der Waals surface area (Å²) in [6, 6.07) is 7.98. The third-order valence-electron chi connectivity index (χ3n) is 2.53. The molecule has 0 saturated carbocycles. The van der Waals surface area contributed by atoms with Gasteiger partial charge in [-0.05, 0) is 25.1 Å². The zero-order valence-electron chi connectivity index (χ0n) is 10.1. The van der Waals surface area contributed by atoms with E-state index in [1.807, 2.05) is 0 Å². The molecule has 1 aromatic carbocycles. The van der Waals surface area contributed by atoms with Crippen LogP contribution in [0.1, 0.15) is 19.2 Å². The van der Waals surface area contributed by atoms with Crippen molar-refractivity contribution in [2.45, 2.75) is 19.8 Å². The highest BCUT2D eigenvalue weighted by atomic mass is 19.1. The molecule has 92 valence electrons. The fourth-order valence-corrected chi connectivity index (χ4v) is 1.62. The number of aromatic nitrogens is 2. The smallest absolute Gasteiger partial charge is 0.130 e. The first-order valence-electron chi connectivity index (χ1n) is 5.72. The first kappa shape index (κ1) is 12.4. The van der Waals surface area contributed by atoms with Gasteiger partial charge < -0.3 is 4.79 Å². The normalized spacial score (nSPS) is 10.3. The van der Waals surface area contributed by atoms with Crippen molar-refractivity contribution in [2.24, 2.45) is 0 Å². The highest BCUT2D eigenvalue weighted by Crippen LogP contribution is 2.17. The Balaban J connectivity index is 2.24. The molecule has 0 radical (unpaired) electrons. The van der Waals surface area contributed by atoms with E-state index in [0.717, 1.165) is 0 Å². The Bertz CT molecular complexity index is 569. The van der Waals surface area contributed by atoms with E-state index in [-0.39, 0.29) is 11.6 Å². The number of carbonyl (C=O) groups excluding carboxylic acids is 1. The molecule has 18 heavy (non-hydrogen) atoms. The highest BCUT2D eigenvalue weighted by Gasteiger charge is 2.04. The van der Waals surface area contributed by atoms with Crippen molar-refractivity contribution in [3.8, 4) is 11.3 Å². The predicted molar refractivity (Wildman–Crippen MR) is 66.4 cm³/mol. The van der Waals surface area contributed by atoms with Gasteiger partial charge in [-0.3, -0.25) is 0 Å². The molecule has 0 saturated heterocycles. The minimum absolute atomic E-state index is 0.106. The molecule has 1 aromatic heterocycles. The van der Waals surface area contributed by atoms with Gasteiger partial charge in [0.2, 0.25) is 0 Å². The maximum Gasteiger partial charge on any atom is 0.130 e. The first-order valence-corrected chi connectivity index (χ1v) is 5.72. The lowest BCUT2D eigenvalue weighted by atomic mass is 10.1. The lowest BCUT2D eigenvalue weighted by molar-refractivity contribution is -0.117. The van der Waals surface area contributed by atoms with Crippen LogP contribution in [0.15, 0.2) is 36.5 Å². The molecule has 2 rings (SSSR count). The van der Waals surface area contributed by atoms with Crippen molar-refractivity contribution in [2.75, 3.05) is 0 Å². The van der Waals surface area contributed by atoms with Crippen molar-refractivity contribution in [3.63, 3.8) is 0 Å². The summed E-state index contributed by atoms with van der Waals surface area (Å²) in [6.07, 6.45) is 2.56. The molecule has 4 heteroatoms. The van der Waals surface area contributed by atoms with Crippen LogP contribution in [-0.2, 0) is 11.2 Å². The lowest BCUT2D eigenvalue weighted by Crippen LogP contribution is -2.00. The number of rotatable bonds is 4. The molecule has 0 fully saturated rings. The predicted octanol–water partition coefficient (Wildman–Crippen LogP) is 2.80. The Labute approximate surface area is 105 Å². The van der Waals surface area contributed by atoms with Crippen LogP contribution in [0.4, 0.5) is 4.39 Å². The van der Waals surface area contributed by atoms with Gasteiger partial charge in [0.15, 0.2) is 0 Å². The summed E-state index contributed by atoms with van der Waals surface area (Å²) in [5.74, 6) is 0.415. The van der Waals surface area contributed by atoms with Gasteiger partial charge in [-0.25, -0.2) is 14.4 Å². The van der Waals surface area contributed by atoms with Gasteiger partial charge in [-0.15, -0.1) is 0 Å². The molecule has 0 aliphatic rings. The average molecular weight is 244 g/mol. The monoisotopic (exact) mass is 244 g/mol. The third kappa shape index (κ3) is 3.20. The molecule has 0 aliphatic carbocycles. The molecular formula is C14H13FN2O. The van der Waals surface area contributed by atoms with E-state index in [2.05, 4.69) is 9.97 Å². The Morgan fingerprint density at radius 2 is 2.17 bits per heavy atom. The van der Waals surface area contributed by atoms with Crippen LogP contribution in [0.2, 0.25) is 0 Å². The number of halogens is 1. The zero-order chi connectivity index (χ0) is 13.0. The van der Waals surface area contributed by atoms with Gasteiger partial charge in [-0.2, -0.15) is 0 Å². The van der Waals surface area contributed by atoms with E-state index < -0.39 is 0 Å². The summed E-state index contributed by atoms with van der Waals surface area (Å²) in [5, 5.41) is 0. The van der Waals surface area contributed by atoms with Gasteiger partial charge >= 0.3 is 0 Å². The fourth-order valence-electron chi connectivity index (χ4n) is 1.62. The van der Waals surface area contributed by atoms with Gasteiger partial charge in [-0.1, -0.05) is 12.1 Å². The second-order valence-electron chi connectivity index (χ2n) is 4.07. The zero-order valence-corrected chi connectivity index (χ0v) is 10.1. The standard InChI is InChI=1S/C14H13FN2O/c1-10(18)5-6-14-16-8-7-13(17-14)11-3-2-4-12(15)9-11/h2-4,7-9H,5-6H2,1H3. The van der Waals surface area contributed by atoms with Gasteiger partial charge in [0.05, 0.1) is 5.69 Å². The van der Waals surface area contributed by atoms with E-state index in [4.69, 9.17) is 0 Å². The van der Waals surface area contributed by atoms with E-state index in [1.54, 1.807) is 24.4 Å². The summed E-state index contributed by atoms with van der Waals surface area (Å²) in [6.45, 7) is 1.54. The number of benzene rings is 1. The maximum absolute atomic E-state index is 13.1. The van der Waals surface area contributed by atoms with Gasteiger partial charge in [0.1, 0.15) is 17.4 Å². The van der Waals surface area contributed by atoms with E-state index in [1.165, 1.54) is 19.1 Å². The number of ketones is 1. The first-order chi connectivity index (χ1) is 8.65. The Morgan fingerprint density at radius 3 is 2.89 bits per heavy atom.